The first-order valence-electron chi connectivity index (χ1n) is 5.52. The van der Waals surface area contributed by atoms with E-state index in [9.17, 15) is 5.11 Å². The van der Waals surface area contributed by atoms with Gasteiger partial charge in [0.25, 0.3) is 0 Å². The fourth-order valence-electron chi connectivity index (χ4n) is 2.59. The van der Waals surface area contributed by atoms with Gasteiger partial charge in [-0.3, -0.25) is 0 Å². The van der Waals surface area contributed by atoms with E-state index in [0.29, 0.717) is 6.54 Å². The first-order chi connectivity index (χ1) is 6.10. The maximum absolute atomic E-state index is 10.4. The smallest absolute Gasteiger partial charge is 0.0690 e. The monoisotopic (exact) mass is 183 g/mol. The van der Waals surface area contributed by atoms with Crippen LogP contribution in [0.2, 0.25) is 0 Å². The Morgan fingerprint density at radius 1 is 1.46 bits per heavy atom. The maximum atomic E-state index is 10.4. The minimum Gasteiger partial charge on any atom is -0.390 e. The Labute approximate surface area is 80.5 Å². The van der Waals surface area contributed by atoms with E-state index in [1.54, 1.807) is 0 Å². The zero-order chi connectivity index (χ0) is 9.53. The van der Waals surface area contributed by atoms with Crippen molar-refractivity contribution in [2.24, 2.45) is 17.1 Å². The molecule has 2 aliphatic carbocycles. The SMILES string of the molecule is CC(O)(CC1CCC1)C1(CN)CC1. The van der Waals surface area contributed by atoms with Crippen molar-refractivity contribution in [1.29, 1.82) is 0 Å². The number of nitrogens with two attached hydrogens (primary N) is 1. The predicted molar refractivity (Wildman–Crippen MR) is 53.3 cm³/mol. The standard InChI is InChI=1S/C11H21NO/c1-10(13,7-9-3-2-4-9)11(8-12)5-6-11/h9,13H,2-8,12H2,1H3. The average molecular weight is 183 g/mol. The van der Waals surface area contributed by atoms with E-state index in [0.717, 1.165) is 25.2 Å². The van der Waals surface area contributed by atoms with Gasteiger partial charge in [-0.1, -0.05) is 19.3 Å². The number of rotatable bonds is 4. The van der Waals surface area contributed by atoms with Gasteiger partial charge in [-0.25, -0.2) is 0 Å². The molecule has 2 aliphatic rings. The zero-order valence-electron chi connectivity index (χ0n) is 8.55. The molecule has 0 saturated heterocycles. The van der Waals surface area contributed by atoms with E-state index >= 15 is 0 Å². The van der Waals surface area contributed by atoms with Gasteiger partial charge in [0.2, 0.25) is 0 Å². The first-order valence-corrected chi connectivity index (χ1v) is 5.52. The molecule has 0 spiro atoms. The summed E-state index contributed by atoms with van der Waals surface area (Å²) in [6.45, 7) is 2.65. The topological polar surface area (TPSA) is 46.2 Å². The van der Waals surface area contributed by atoms with Crippen LogP contribution in [0.15, 0.2) is 0 Å². The second-order valence-corrected chi connectivity index (χ2v) is 5.26. The Morgan fingerprint density at radius 3 is 2.38 bits per heavy atom. The normalized spacial score (nSPS) is 30.7. The molecule has 2 fully saturated rings. The lowest BCUT2D eigenvalue weighted by Gasteiger charge is -2.38. The summed E-state index contributed by atoms with van der Waals surface area (Å²) in [5.74, 6) is 0.777. The van der Waals surface area contributed by atoms with Gasteiger partial charge in [0.1, 0.15) is 0 Å². The summed E-state index contributed by atoms with van der Waals surface area (Å²) in [6.07, 6.45) is 7.22. The Hall–Kier alpha value is -0.0800. The van der Waals surface area contributed by atoms with Crippen molar-refractivity contribution in [3.63, 3.8) is 0 Å². The van der Waals surface area contributed by atoms with Crippen LogP contribution in [0.25, 0.3) is 0 Å². The van der Waals surface area contributed by atoms with Crippen molar-refractivity contribution in [1.82, 2.24) is 0 Å². The van der Waals surface area contributed by atoms with Gasteiger partial charge < -0.3 is 10.8 Å². The molecule has 1 unspecified atom stereocenters. The largest absolute Gasteiger partial charge is 0.390 e. The van der Waals surface area contributed by atoms with Gasteiger partial charge in [-0.2, -0.15) is 0 Å². The summed E-state index contributed by atoms with van der Waals surface area (Å²) >= 11 is 0. The van der Waals surface area contributed by atoms with Crippen LogP contribution in [-0.2, 0) is 0 Å². The molecule has 0 aliphatic heterocycles. The molecule has 2 saturated carbocycles. The highest BCUT2D eigenvalue weighted by atomic mass is 16.3. The third kappa shape index (κ3) is 1.50. The summed E-state index contributed by atoms with van der Waals surface area (Å²) in [7, 11) is 0. The van der Waals surface area contributed by atoms with Crippen molar-refractivity contribution in [3.05, 3.63) is 0 Å². The molecule has 0 aromatic carbocycles. The third-order valence-corrected chi connectivity index (χ3v) is 4.30. The predicted octanol–water partition coefficient (Wildman–Crippen LogP) is 1.67. The van der Waals surface area contributed by atoms with E-state index in [1.165, 1.54) is 19.3 Å². The van der Waals surface area contributed by atoms with E-state index in [4.69, 9.17) is 5.73 Å². The molecule has 76 valence electrons. The second kappa shape index (κ2) is 2.96. The molecule has 1 atom stereocenters. The van der Waals surface area contributed by atoms with Gasteiger partial charge in [-0.05, 0) is 32.1 Å². The van der Waals surface area contributed by atoms with Crippen LogP contribution in [-0.4, -0.2) is 17.3 Å². The van der Waals surface area contributed by atoms with E-state index in [2.05, 4.69) is 0 Å². The molecule has 2 heteroatoms. The molecule has 2 rings (SSSR count). The van der Waals surface area contributed by atoms with Crippen molar-refractivity contribution < 1.29 is 5.11 Å². The number of hydrogen-bond donors (Lipinski definition) is 2. The fourth-order valence-corrected chi connectivity index (χ4v) is 2.59. The van der Waals surface area contributed by atoms with Crippen LogP contribution < -0.4 is 5.73 Å². The summed E-state index contributed by atoms with van der Waals surface area (Å²) in [6, 6.07) is 0. The molecule has 0 amide bonds. The fraction of sp³-hybridized carbons (Fsp3) is 1.00. The quantitative estimate of drug-likeness (QED) is 0.696. The summed E-state index contributed by atoms with van der Waals surface area (Å²) in [5, 5.41) is 10.4. The van der Waals surface area contributed by atoms with Crippen LogP contribution in [0.3, 0.4) is 0 Å². The van der Waals surface area contributed by atoms with Crippen LogP contribution in [0.5, 0.6) is 0 Å². The van der Waals surface area contributed by atoms with Crippen molar-refractivity contribution in [2.75, 3.05) is 6.54 Å². The molecule has 0 aromatic heterocycles. The molecule has 13 heavy (non-hydrogen) atoms. The lowest BCUT2D eigenvalue weighted by Crippen LogP contribution is -2.43. The molecular weight excluding hydrogens is 162 g/mol. The van der Waals surface area contributed by atoms with E-state index in [1.807, 2.05) is 6.92 Å². The Morgan fingerprint density at radius 2 is 2.08 bits per heavy atom. The van der Waals surface area contributed by atoms with E-state index in [-0.39, 0.29) is 5.41 Å². The van der Waals surface area contributed by atoms with Gasteiger partial charge in [0.05, 0.1) is 5.60 Å². The lowest BCUT2D eigenvalue weighted by atomic mass is 9.72. The molecule has 2 nitrogen and oxygen atoms in total. The first kappa shape index (κ1) is 9.47. The second-order valence-electron chi connectivity index (χ2n) is 5.26. The zero-order valence-corrected chi connectivity index (χ0v) is 8.55. The Bertz CT molecular complexity index is 192. The number of aliphatic hydroxyl groups is 1. The molecule has 0 heterocycles. The molecular formula is C11H21NO. The van der Waals surface area contributed by atoms with Crippen molar-refractivity contribution >= 4 is 0 Å². The number of hydrogen-bond acceptors (Lipinski definition) is 2. The van der Waals surface area contributed by atoms with Gasteiger partial charge in [0.15, 0.2) is 0 Å². The summed E-state index contributed by atoms with van der Waals surface area (Å²) in [4.78, 5) is 0. The minimum absolute atomic E-state index is 0.0859. The Balaban J connectivity index is 1.93. The Kier molecular flexibility index (Phi) is 2.16. The summed E-state index contributed by atoms with van der Waals surface area (Å²) < 4.78 is 0. The summed E-state index contributed by atoms with van der Waals surface area (Å²) in [5.41, 5.74) is 5.32. The minimum atomic E-state index is -0.493. The van der Waals surface area contributed by atoms with Gasteiger partial charge in [-0.15, -0.1) is 0 Å². The van der Waals surface area contributed by atoms with Gasteiger partial charge >= 0.3 is 0 Å². The molecule has 0 bridgehead atoms. The highest BCUT2D eigenvalue weighted by Gasteiger charge is 2.55. The van der Waals surface area contributed by atoms with Gasteiger partial charge in [0, 0.05) is 12.0 Å². The van der Waals surface area contributed by atoms with Crippen molar-refractivity contribution in [3.8, 4) is 0 Å². The highest BCUT2D eigenvalue weighted by Crippen LogP contribution is 2.56. The average Bonchev–Trinajstić information content (AvgIpc) is 2.77. The molecule has 0 radical (unpaired) electrons. The molecule has 0 aromatic rings. The van der Waals surface area contributed by atoms with Crippen LogP contribution in [0.1, 0.15) is 45.4 Å². The van der Waals surface area contributed by atoms with Crippen LogP contribution >= 0.6 is 0 Å². The highest BCUT2D eigenvalue weighted by molar-refractivity contribution is 5.07. The van der Waals surface area contributed by atoms with Crippen LogP contribution in [0.4, 0.5) is 0 Å². The van der Waals surface area contributed by atoms with Crippen LogP contribution in [0, 0.1) is 11.3 Å². The van der Waals surface area contributed by atoms with Crippen molar-refractivity contribution in [2.45, 2.75) is 51.0 Å². The maximum Gasteiger partial charge on any atom is 0.0690 e. The van der Waals surface area contributed by atoms with E-state index < -0.39 is 5.60 Å². The third-order valence-electron chi connectivity index (χ3n) is 4.30. The lowest BCUT2D eigenvalue weighted by molar-refractivity contribution is -0.0416. The molecule has 3 N–H and O–H groups in total.